The molecule has 8 heteroatoms. The topological polar surface area (TPSA) is 81.9 Å². The van der Waals surface area contributed by atoms with Crippen LogP contribution in [-0.2, 0) is 0 Å². The number of benzene rings is 3. The third-order valence-corrected chi connectivity index (χ3v) is 5.76. The summed E-state index contributed by atoms with van der Waals surface area (Å²) >= 11 is 5.86. The third-order valence-electron chi connectivity index (χ3n) is 5.51. The number of hydrazone groups is 1. The lowest BCUT2D eigenvalue weighted by Crippen LogP contribution is -2.17. The molecule has 0 radical (unpaired) electrons. The lowest BCUT2D eigenvalue weighted by molar-refractivity contribution is 0.0729. The number of amides is 1. The van der Waals surface area contributed by atoms with Crippen molar-refractivity contribution in [1.82, 2.24) is 9.99 Å². The highest BCUT2D eigenvalue weighted by atomic mass is 35.5. The van der Waals surface area contributed by atoms with Crippen LogP contribution in [0.25, 0.3) is 5.69 Å². The van der Waals surface area contributed by atoms with Crippen LogP contribution in [0.15, 0.2) is 84.0 Å². The molecule has 1 amide bonds. The third kappa shape index (κ3) is 5.64. The molecule has 0 atom stereocenters. The minimum Gasteiger partial charge on any atom is -0.493 e. The van der Waals surface area contributed by atoms with E-state index in [2.05, 4.69) is 27.2 Å². The van der Waals surface area contributed by atoms with Crippen molar-refractivity contribution >= 4 is 29.7 Å². The average molecular weight is 502 g/mol. The van der Waals surface area contributed by atoms with Gasteiger partial charge in [-0.15, -0.1) is 0 Å². The number of esters is 1. The molecule has 4 rings (SSSR count). The molecule has 0 aliphatic rings. The van der Waals surface area contributed by atoms with Gasteiger partial charge in [0.05, 0.1) is 18.9 Å². The van der Waals surface area contributed by atoms with Crippen LogP contribution in [0.4, 0.5) is 0 Å². The molecule has 0 aliphatic carbocycles. The molecule has 0 fully saturated rings. The van der Waals surface area contributed by atoms with Crippen molar-refractivity contribution in [2.45, 2.75) is 13.8 Å². The van der Waals surface area contributed by atoms with E-state index in [1.54, 1.807) is 54.6 Å². The Bertz CT molecular complexity index is 1400. The summed E-state index contributed by atoms with van der Waals surface area (Å²) in [6.45, 7) is 4.07. The summed E-state index contributed by atoms with van der Waals surface area (Å²) in [5, 5.41) is 4.56. The number of nitrogens with zero attached hydrogens (tertiary/aromatic N) is 2. The van der Waals surface area contributed by atoms with Gasteiger partial charge in [0, 0.05) is 27.7 Å². The second-order valence-corrected chi connectivity index (χ2v) is 8.44. The van der Waals surface area contributed by atoms with Gasteiger partial charge in [-0.3, -0.25) is 4.79 Å². The van der Waals surface area contributed by atoms with E-state index in [4.69, 9.17) is 21.1 Å². The van der Waals surface area contributed by atoms with Gasteiger partial charge in [-0.05, 0) is 98.3 Å². The quantitative estimate of drug-likeness (QED) is 0.151. The van der Waals surface area contributed by atoms with Crippen molar-refractivity contribution < 1.29 is 19.1 Å². The number of aryl methyl sites for hydroxylation is 2. The lowest BCUT2D eigenvalue weighted by atomic mass is 10.2. The zero-order valence-corrected chi connectivity index (χ0v) is 20.7. The van der Waals surface area contributed by atoms with Crippen molar-refractivity contribution in [3.8, 4) is 17.2 Å². The molecule has 0 saturated carbocycles. The molecule has 36 heavy (non-hydrogen) atoms. The fourth-order valence-corrected chi connectivity index (χ4v) is 3.79. The zero-order valence-electron chi connectivity index (χ0n) is 20.0. The largest absolute Gasteiger partial charge is 0.493 e. The minimum absolute atomic E-state index is 0.256. The molecule has 0 saturated heterocycles. The Hall–Kier alpha value is -4.36. The molecule has 7 nitrogen and oxygen atoms in total. The molecule has 1 aromatic heterocycles. The highest BCUT2D eigenvalue weighted by Gasteiger charge is 2.13. The van der Waals surface area contributed by atoms with Crippen LogP contribution in [0, 0.1) is 13.8 Å². The average Bonchev–Trinajstić information content (AvgIpc) is 3.22. The maximum atomic E-state index is 12.5. The Morgan fingerprint density at radius 3 is 2.14 bits per heavy atom. The van der Waals surface area contributed by atoms with Gasteiger partial charge in [0.1, 0.15) is 0 Å². The van der Waals surface area contributed by atoms with E-state index in [1.807, 2.05) is 26.0 Å². The fraction of sp³-hybridized carbons (Fsp3) is 0.107. The smallest absolute Gasteiger partial charge is 0.343 e. The van der Waals surface area contributed by atoms with Crippen molar-refractivity contribution in [3.05, 3.63) is 112 Å². The van der Waals surface area contributed by atoms with Gasteiger partial charge in [-0.1, -0.05) is 11.6 Å². The monoisotopic (exact) mass is 501 g/mol. The molecule has 3 aromatic carbocycles. The number of hydrogen-bond donors (Lipinski definition) is 1. The van der Waals surface area contributed by atoms with Crippen LogP contribution < -0.4 is 14.9 Å². The van der Waals surface area contributed by atoms with E-state index < -0.39 is 5.97 Å². The van der Waals surface area contributed by atoms with E-state index >= 15 is 0 Å². The summed E-state index contributed by atoms with van der Waals surface area (Å²) in [6, 6.07) is 22.7. The second kappa shape index (κ2) is 10.9. The SMILES string of the molecule is COc1cc(/C=N\NC(=O)c2ccc(-n3c(C)ccc3C)cc2)ccc1OC(=O)c1ccc(Cl)cc1. The predicted octanol–water partition coefficient (Wildman–Crippen LogP) is 5.74. The molecular weight excluding hydrogens is 478 g/mol. The van der Waals surface area contributed by atoms with Crippen molar-refractivity contribution in [3.63, 3.8) is 0 Å². The van der Waals surface area contributed by atoms with Gasteiger partial charge in [0.2, 0.25) is 0 Å². The van der Waals surface area contributed by atoms with Crippen LogP contribution in [0.5, 0.6) is 11.5 Å². The second-order valence-electron chi connectivity index (χ2n) is 8.00. The number of ether oxygens (including phenoxy) is 2. The zero-order chi connectivity index (χ0) is 25.7. The summed E-state index contributed by atoms with van der Waals surface area (Å²) < 4.78 is 12.9. The van der Waals surface area contributed by atoms with E-state index in [1.165, 1.54) is 13.3 Å². The number of methoxy groups -OCH3 is 1. The maximum Gasteiger partial charge on any atom is 0.343 e. The predicted molar refractivity (Wildman–Crippen MR) is 140 cm³/mol. The molecule has 1 heterocycles. The highest BCUT2D eigenvalue weighted by Crippen LogP contribution is 2.28. The van der Waals surface area contributed by atoms with E-state index in [9.17, 15) is 9.59 Å². The minimum atomic E-state index is -0.535. The maximum absolute atomic E-state index is 12.5. The van der Waals surface area contributed by atoms with Gasteiger partial charge in [0.25, 0.3) is 5.91 Å². The first-order valence-electron chi connectivity index (χ1n) is 11.1. The number of rotatable bonds is 7. The van der Waals surface area contributed by atoms with Crippen molar-refractivity contribution in [2.75, 3.05) is 7.11 Å². The molecule has 182 valence electrons. The van der Waals surface area contributed by atoms with Crippen LogP contribution in [0.1, 0.15) is 37.7 Å². The summed E-state index contributed by atoms with van der Waals surface area (Å²) in [7, 11) is 1.47. The van der Waals surface area contributed by atoms with Crippen LogP contribution in [0.3, 0.4) is 0 Å². The number of halogens is 1. The Labute approximate surface area is 213 Å². The van der Waals surface area contributed by atoms with E-state index in [0.29, 0.717) is 27.5 Å². The van der Waals surface area contributed by atoms with Crippen LogP contribution in [0.2, 0.25) is 5.02 Å². The highest BCUT2D eigenvalue weighted by molar-refractivity contribution is 6.30. The number of nitrogens with one attached hydrogen (secondary N) is 1. The first kappa shape index (κ1) is 24.8. The summed E-state index contributed by atoms with van der Waals surface area (Å²) in [5.74, 6) is -0.267. The van der Waals surface area contributed by atoms with Crippen LogP contribution in [-0.4, -0.2) is 29.8 Å². The Morgan fingerprint density at radius 2 is 1.50 bits per heavy atom. The molecule has 0 spiro atoms. The Morgan fingerprint density at radius 1 is 0.861 bits per heavy atom. The number of hydrogen-bond acceptors (Lipinski definition) is 5. The standard InChI is InChI=1S/C28H24ClN3O4/c1-18-4-5-19(2)32(18)24-13-9-21(10-14-24)27(33)31-30-17-20-6-15-25(26(16-20)35-3)36-28(34)22-7-11-23(29)12-8-22/h4-17H,1-3H3,(H,31,33)/b30-17-. The molecule has 0 aliphatic heterocycles. The van der Waals surface area contributed by atoms with Gasteiger partial charge in [0.15, 0.2) is 11.5 Å². The van der Waals surface area contributed by atoms with E-state index in [-0.39, 0.29) is 11.7 Å². The first-order valence-corrected chi connectivity index (χ1v) is 11.5. The van der Waals surface area contributed by atoms with Gasteiger partial charge < -0.3 is 14.0 Å². The number of aromatic nitrogens is 1. The number of carbonyl (C=O) groups excluding carboxylic acids is 2. The van der Waals surface area contributed by atoms with Gasteiger partial charge in [-0.25, -0.2) is 10.2 Å². The van der Waals surface area contributed by atoms with Crippen molar-refractivity contribution in [1.29, 1.82) is 0 Å². The summed E-state index contributed by atoms with van der Waals surface area (Å²) in [5.41, 5.74) is 7.24. The lowest BCUT2D eigenvalue weighted by Gasteiger charge is -2.10. The number of carbonyl (C=O) groups is 2. The molecular formula is C28H24ClN3O4. The Kier molecular flexibility index (Phi) is 7.51. The van der Waals surface area contributed by atoms with E-state index in [0.717, 1.165) is 17.1 Å². The fourth-order valence-electron chi connectivity index (χ4n) is 3.66. The van der Waals surface area contributed by atoms with Crippen LogP contribution >= 0.6 is 11.6 Å². The molecule has 1 N–H and O–H groups in total. The molecule has 0 unspecified atom stereocenters. The van der Waals surface area contributed by atoms with Crippen molar-refractivity contribution in [2.24, 2.45) is 5.10 Å². The summed E-state index contributed by atoms with van der Waals surface area (Å²) in [4.78, 5) is 24.9. The summed E-state index contributed by atoms with van der Waals surface area (Å²) in [6.07, 6.45) is 1.48. The van der Waals surface area contributed by atoms with Gasteiger partial charge >= 0.3 is 5.97 Å². The van der Waals surface area contributed by atoms with Gasteiger partial charge in [-0.2, -0.15) is 5.10 Å². The first-order chi connectivity index (χ1) is 17.4. The Balaban J connectivity index is 1.39. The normalized spacial score (nSPS) is 10.9. The molecule has 4 aromatic rings. The molecule has 0 bridgehead atoms.